The second-order valence-corrected chi connectivity index (χ2v) is 9.10. The quantitative estimate of drug-likeness (QED) is 0.600. The molecule has 2 fully saturated rings. The summed E-state index contributed by atoms with van der Waals surface area (Å²) in [5, 5.41) is 0. The first-order valence-corrected chi connectivity index (χ1v) is 9.24. The maximum atomic E-state index is 8.10. The number of hydrogen-bond donors (Lipinski definition) is 0. The number of nitrogens with one attached hydrogen (secondary N) is 1. The first kappa shape index (κ1) is 15.6. The topological polar surface area (TPSA) is 23.8 Å². The van der Waals surface area contributed by atoms with E-state index in [2.05, 4.69) is 33.8 Å². The van der Waals surface area contributed by atoms with Gasteiger partial charge in [-0.1, -0.05) is 45.8 Å². The molecule has 2 unspecified atom stereocenters. The lowest BCUT2D eigenvalue weighted by molar-refractivity contribution is -0.0530. The average Bonchev–Trinajstić information content (AvgIpc) is 2.46. The minimum Gasteiger partial charge on any atom is -0.257 e. The maximum Gasteiger partial charge on any atom is 0.0157 e. The number of allylic oxidation sites excluding steroid dienone is 2. The van der Waals surface area contributed by atoms with Crippen molar-refractivity contribution in [2.45, 2.75) is 72.6 Å². The number of fused-ring (bicyclic) bond motifs is 3. The average molecular weight is 288 g/mol. The summed E-state index contributed by atoms with van der Waals surface area (Å²) in [6.45, 7) is 10.4. The lowest BCUT2D eigenvalue weighted by Crippen LogP contribution is -2.52. The molecule has 119 valence electrons. The van der Waals surface area contributed by atoms with Crippen molar-refractivity contribution in [2.75, 3.05) is 6.54 Å². The minimum absolute atomic E-state index is 0.268. The Morgan fingerprint density at radius 1 is 1.24 bits per heavy atom. The molecule has 0 aromatic carbocycles. The van der Waals surface area contributed by atoms with Gasteiger partial charge in [-0.05, 0) is 73.0 Å². The van der Waals surface area contributed by atoms with Crippen molar-refractivity contribution in [3.05, 3.63) is 11.6 Å². The molecule has 0 bridgehead atoms. The zero-order valence-corrected chi connectivity index (χ0v) is 14.5. The fourth-order valence-corrected chi connectivity index (χ4v) is 6.13. The highest BCUT2D eigenvalue weighted by molar-refractivity contribution is 5.22. The standard InChI is InChI=1S/C20H34N/c1-14(2)15-6-8-17-16(12-15)7-9-18-19(3,13-21)10-5-11-20(17,18)4/h7,14-15,17-18,21H,5-6,8-13H2,1-4H3/t15?,17-,18?,19-,20-/m1/s1. The van der Waals surface area contributed by atoms with E-state index in [1.54, 1.807) is 5.57 Å². The first-order valence-electron chi connectivity index (χ1n) is 9.24. The van der Waals surface area contributed by atoms with Gasteiger partial charge >= 0.3 is 0 Å². The Balaban J connectivity index is 1.89. The lowest BCUT2D eigenvalue weighted by Gasteiger charge is -2.59. The SMILES string of the molecule is CC(C)C1CC[C@@H]2C(=CCC3[C@@](C)(C[NH])CCC[C@@]32C)C1. The van der Waals surface area contributed by atoms with Crippen LogP contribution in [0.2, 0.25) is 0 Å². The molecule has 0 heterocycles. The van der Waals surface area contributed by atoms with Crippen LogP contribution in [0.4, 0.5) is 0 Å². The summed E-state index contributed by atoms with van der Waals surface area (Å²) in [5.41, 5.74) is 10.7. The zero-order valence-electron chi connectivity index (χ0n) is 14.5. The van der Waals surface area contributed by atoms with Crippen LogP contribution in [0.15, 0.2) is 11.6 Å². The minimum atomic E-state index is 0.268. The first-order chi connectivity index (χ1) is 9.90. The van der Waals surface area contributed by atoms with Gasteiger partial charge in [0.05, 0.1) is 0 Å². The summed E-state index contributed by atoms with van der Waals surface area (Å²) in [5.74, 6) is 3.33. The van der Waals surface area contributed by atoms with Gasteiger partial charge in [-0.15, -0.1) is 0 Å². The molecule has 0 amide bonds. The van der Waals surface area contributed by atoms with E-state index in [0.717, 1.165) is 23.7 Å². The van der Waals surface area contributed by atoms with E-state index in [0.29, 0.717) is 12.0 Å². The van der Waals surface area contributed by atoms with Gasteiger partial charge in [-0.2, -0.15) is 0 Å². The van der Waals surface area contributed by atoms with E-state index < -0.39 is 0 Å². The van der Waals surface area contributed by atoms with Gasteiger partial charge in [0.2, 0.25) is 0 Å². The fourth-order valence-electron chi connectivity index (χ4n) is 6.13. The van der Waals surface area contributed by atoms with Crippen molar-refractivity contribution in [1.82, 2.24) is 5.73 Å². The van der Waals surface area contributed by atoms with E-state index in [4.69, 9.17) is 5.73 Å². The second-order valence-electron chi connectivity index (χ2n) is 9.10. The van der Waals surface area contributed by atoms with Crippen LogP contribution in [-0.4, -0.2) is 6.54 Å². The highest BCUT2D eigenvalue weighted by Crippen LogP contribution is 2.62. The number of rotatable bonds is 2. The van der Waals surface area contributed by atoms with E-state index >= 15 is 0 Å². The molecule has 0 aromatic rings. The summed E-state index contributed by atoms with van der Waals surface area (Å²) in [7, 11) is 0. The predicted molar refractivity (Wildman–Crippen MR) is 89.9 cm³/mol. The van der Waals surface area contributed by atoms with Crippen LogP contribution in [0, 0.1) is 34.5 Å². The van der Waals surface area contributed by atoms with E-state index in [-0.39, 0.29) is 5.41 Å². The largest absolute Gasteiger partial charge is 0.257 e. The van der Waals surface area contributed by atoms with Crippen molar-refractivity contribution >= 4 is 0 Å². The van der Waals surface area contributed by atoms with Crippen LogP contribution in [0.25, 0.3) is 0 Å². The summed E-state index contributed by atoms with van der Waals surface area (Å²) in [6.07, 6.45) is 12.1. The van der Waals surface area contributed by atoms with Crippen LogP contribution >= 0.6 is 0 Å². The molecule has 0 aromatic heterocycles. The van der Waals surface area contributed by atoms with E-state index in [1.165, 1.54) is 44.9 Å². The Labute approximate surface area is 131 Å². The summed E-state index contributed by atoms with van der Waals surface area (Å²) < 4.78 is 0. The molecule has 1 N–H and O–H groups in total. The van der Waals surface area contributed by atoms with Crippen molar-refractivity contribution in [3.8, 4) is 0 Å². The molecule has 1 radical (unpaired) electrons. The molecule has 5 atom stereocenters. The predicted octanol–water partition coefficient (Wildman–Crippen LogP) is 5.48. The third-order valence-corrected chi connectivity index (χ3v) is 7.63. The van der Waals surface area contributed by atoms with Crippen molar-refractivity contribution in [1.29, 1.82) is 0 Å². The Morgan fingerprint density at radius 3 is 2.67 bits per heavy atom. The Hall–Kier alpha value is -0.300. The smallest absolute Gasteiger partial charge is 0.0157 e. The molecule has 3 aliphatic rings. The summed E-state index contributed by atoms with van der Waals surface area (Å²) in [6, 6.07) is 0. The van der Waals surface area contributed by atoms with E-state index in [1.807, 2.05) is 0 Å². The van der Waals surface area contributed by atoms with Crippen molar-refractivity contribution in [2.24, 2.45) is 34.5 Å². The lowest BCUT2D eigenvalue weighted by atomic mass is 9.46. The van der Waals surface area contributed by atoms with Gasteiger partial charge in [0.25, 0.3) is 0 Å². The van der Waals surface area contributed by atoms with Gasteiger partial charge in [-0.3, -0.25) is 5.73 Å². The molecular weight excluding hydrogens is 254 g/mol. The third kappa shape index (κ3) is 2.40. The van der Waals surface area contributed by atoms with Gasteiger partial charge in [0.15, 0.2) is 0 Å². The molecule has 0 spiro atoms. The molecule has 2 saturated carbocycles. The second kappa shape index (κ2) is 5.41. The molecule has 1 nitrogen and oxygen atoms in total. The third-order valence-electron chi connectivity index (χ3n) is 7.63. The molecule has 0 saturated heterocycles. The Bertz CT molecular complexity index is 424. The van der Waals surface area contributed by atoms with E-state index in [9.17, 15) is 0 Å². The fraction of sp³-hybridized carbons (Fsp3) is 0.900. The normalized spacial score (nSPS) is 46.8. The van der Waals surface area contributed by atoms with Gasteiger partial charge in [-0.25, -0.2) is 0 Å². The van der Waals surface area contributed by atoms with Crippen LogP contribution in [0.3, 0.4) is 0 Å². The van der Waals surface area contributed by atoms with Crippen LogP contribution in [0.1, 0.15) is 72.6 Å². The van der Waals surface area contributed by atoms with Crippen LogP contribution in [-0.2, 0) is 0 Å². The highest BCUT2D eigenvalue weighted by atomic mass is 14.7. The molecule has 3 rings (SSSR count). The van der Waals surface area contributed by atoms with Gasteiger partial charge in [0, 0.05) is 6.54 Å². The van der Waals surface area contributed by atoms with Crippen molar-refractivity contribution in [3.63, 3.8) is 0 Å². The molecule has 1 heteroatoms. The Kier molecular flexibility index (Phi) is 4.01. The number of hydrogen-bond acceptors (Lipinski definition) is 0. The van der Waals surface area contributed by atoms with Crippen molar-refractivity contribution < 1.29 is 0 Å². The molecule has 3 aliphatic carbocycles. The van der Waals surface area contributed by atoms with Crippen LogP contribution < -0.4 is 5.73 Å². The monoisotopic (exact) mass is 288 g/mol. The highest BCUT2D eigenvalue weighted by Gasteiger charge is 2.54. The van der Waals surface area contributed by atoms with Gasteiger partial charge in [0.1, 0.15) is 0 Å². The summed E-state index contributed by atoms with van der Waals surface area (Å²) >= 11 is 0. The molecule has 21 heavy (non-hydrogen) atoms. The maximum absolute atomic E-state index is 8.10. The van der Waals surface area contributed by atoms with Gasteiger partial charge < -0.3 is 0 Å². The summed E-state index contributed by atoms with van der Waals surface area (Å²) in [4.78, 5) is 0. The van der Waals surface area contributed by atoms with Crippen LogP contribution in [0.5, 0.6) is 0 Å². The zero-order chi connectivity index (χ0) is 15.3. The Morgan fingerprint density at radius 2 is 2.00 bits per heavy atom. The molecule has 0 aliphatic heterocycles. The molecular formula is C20H34N.